The molecule has 122 valence electrons. The van der Waals surface area contributed by atoms with Crippen LogP contribution >= 0.6 is 0 Å². The first-order chi connectivity index (χ1) is 11.3. The summed E-state index contributed by atoms with van der Waals surface area (Å²) in [6.45, 7) is 3.61. The molecule has 0 bridgehead atoms. The molecule has 2 N–H and O–H groups in total. The van der Waals surface area contributed by atoms with Crippen LogP contribution in [0.25, 0.3) is 0 Å². The number of benzene rings is 2. The molecule has 0 saturated carbocycles. The molecule has 0 aromatic heterocycles. The molecule has 1 aliphatic rings. The Morgan fingerprint density at radius 2 is 2.00 bits per heavy atom. The van der Waals surface area contributed by atoms with E-state index in [0.29, 0.717) is 12.6 Å². The lowest BCUT2D eigenvalue weighted by atomic mass is 9.87. The topological polar surface area (TPSA) is 35.1 Å². The number of ether oxygens (including phenoxy) is 2. The zero-order valence-electron chi connectivity index (χ0n) is 14.0. The second-order valence-corrected chi connectivity index (χ2v) is 6.06. The van der Waals surface area contributed by atoms with Crippen LogP contribution in [0.2, 0.25) is 0 Å². The molecular formula is C20H26NO2+. The Morgan fingerprint density at radius 3 is 2.83 bits per heavy atom. The second-order valence-electron chi connectivity index (χ2n) is 6.06. The van der Waals surface area contributed by atoms with Gasteiger partial charge in [0.15, 0.2) is 11.5 Å². The molecule has 2 aromatic rings. The maximum atomic E-state index is 5.68. The van der Waals surface area contributed by atoms with Gasteiger partial charge in [0.2, 0.25) is 0 Å². The second kappa shape index (κ2) is 7.51. The van der Waals surface area contributed by atoms with E-state index < -0.39 is 0 Å². The SMILES string of the molecule is CCOc1cc(C[NH2+][C@@H]2CCCc3ccccc32)ccc1OC. The van der Waals surface area contributed by atoms with Crippen LogP contribution in [0.1, 0.15) is 42.5 Å². The zero-order valence-corrected chi connectivity index (χ0v) is 14.0. The van der Waals surface area contributed by atoms with Crippen molar-refractivity contribution in [2.75, 3.05) is 13.7 Å². The van der Waals surface area contributed by atoms with Gasteiger partial charge in [-0.3, -0.25) is 0 Å². The summed E-state index contributed by atoms with van der Waals surface area (Å²) in [5.41, 5.74) is 4.30. The molecule has 0 aliphatic heterocycles. The molecule has 23 heavy (non-hydrogen) atoms. The Morgan fingerprint density at radius 1 is 1.13 bits per heavy atom. The van der Waals surface area contributed by atoms with Crippen LogP contribution in [-0.2, 0) is 13.0 Å². The van der Waals surface area contributed by atoms with Crippen molar-refractivity contribution in [3.8, 4) is 11.5 Å². The molecule has 0 heterocycles. The lowest BCUT2D eigenvalue weighted by Crippen LogP contribution is -2.84. The van der Waals surface area contributed by atoms with Crippen molar-refractivity contribution in [3.63, 3.8) is 0 Å². The normalized spacial score (nSPS) is 16.7. The Balaban J connectivity index is 1.70. The highest BCUT2D eigenvalue weighted by atomic mass is 16.5. The molecule has 0 amide bonds. The first-order valence-electron chi connectivity index (χ1n) is 8.52. The fourth-order valence-corrected chi connectivity index (χ4v) is 3.43. The summed E-state index contributed by atoms with van der Waals surface area (Å²) < 4.78 is 11.0. The van der Waals surface area contributed by atoms with Gasteiger partial charge in [-0.1, -0.05) is 24.3 Å². The van der Waals surface area contributed by atoms with E-state index in [9.17, 15) is 0 Å². The molecule has 0 fully saturated rings. The standard InChI is InChI=1S/C20H25NO2/c1-3-23-20-13-15(11-12-19(20)22-2)14-21-18-10-6-8-16-7-4-5-9-17(16)18/h4-5,7,9,11-13,18,21H,3,6,8,10,14H2,1-2H3/p+1/t18-/m1/s1. The van der Waals surface area contributed by atoms with E-state index in [1.807, 2.05) is 13.0 Å². The van der Waals surface area contributed by atoms with Gasteiger partial charge in [-0.25, -0.2) is 0 Å². The van der Waals surface area contributed by atoms with Crippen molar-refractivity contribution < 1.29 is 14.8 Å². The number of hydrogen-bond acceptors (Lipinski definition) is 2. The maximum absolute atomic E-state index is 5.68. The van der Waals surface area contributed by atoms with Crippen molar-refractivity contribution in [3.05, 3.63) is 59.2 Å². The van der Waals surface area contributed by atoms with Crippen LogP contribution in [-0.4, -0.2) is 13.7 Å². The summed E-state index contributed by atoms with van der Waals surface area (Å²) in [4.78, 5) is 0. The van der Waals surface area contributed by atoms with E-state index in [0.717, 1.165) is 18.0 Å². The summed E-state index contributed by atoms with van der Waals surface area (Å²) in [5.74, 6) is 1.64. The quantitative estimate of drug-likeness (QED) is 0.889. The fraction of sp³-hybridized carbons (Fsp3) is 0.400. The third-order valence-corrected chi connectivity index (χ3v) is 4.58. The van der Waals surface area contributed by atoms with Gasteiger partial charge in [0.25, 0.3) is 0 Å². The average molecular weight is 312 g/mol. The molecule has 0 saturated heterocycles. The Hall–Kier alpha value is -2.00. The molecule has 2 aromatic carbocycles. The number of fused-ring (bicyclic) bond motifs is 1. The summed E-state index contributed by atoms with van der Waals surface area (Å²) in [5, 5.41) is 2.45. The predicted octanol–water partition coefficient (Wildman–Crippen LogP) is 3.23. The van der Waals surface area contributed by atoms with Gasteiger partial charge in [0.05, 0.1) is 13.7 Å². The summed E-state index contributed by atoms with van der Waals surface area (Å²) in [6, 6.07) is 15.7. The highest BCUT2D eigenvalue weighted by Gasteiger charge is 2.22. The van der Waals surface area contributed by atoms with E-state index in [1.54, 1.807) is 7.11 Å². The van der Waals surface area contributed by atoms with Gasteiger partial charge in [0, 0.05) is 17.5 Å². The minimum Gasteiger partial charge on any atom is -0.493 e. The van der Waals surface area contributed by atoms with Crippen molar-refractivity contribution in [1.29, 1.82) is 0 Å². The van der Waals surface area contributed by atoms with Crippen molar-refractivity contribution in [2.24, 2.45) is 0 Å². The number of aryl methyl sites for hydroxylation is 1. The predicted molar refractivity (Wildman–Crippen MR) is 91.9 cm³/mol. The van der Waals surface area contributed by atoms with E-state index in [2.05, 4.69) is 41.7 Å². The van der Waals surface area contributed by atoms with Crippen LogP contribution in [0.4, 0.5) is 0 Å². The molecule has 3 heteroatoms. The van der Waals surface area contributed by atoms with E-state index in [1.165, 1.54) is 36.0 Å². The number of methoxy groups -OCH3 is 1. The van der Waals surface area contributed by atoms with Gasteiger partial charge < -0.3 is 14.8 Å². The summed E-state index contributed by atoms with van der Waals surface area (Å²) >= 11 is 0. The Kier molecular flexibility index (Phi) is 5.19. The summed E-state index contributed by atoms with van der Waals surface area (Å²) in [6.07, 6.45) is 3.76. The van der Waals surface area contributed by atoms with E-state index in [-0.39, 0.29) is 0 Å². The Labute approximate surface area is 138 Å². The number of rotatable bonds is 6. The lowest BCUT2D eigenvalue weighted by molar-refractivity contribution is -0.712. The molecule has 0 radical (unpaired) electrons. The molecule has 0 unspecified atom stereocenters. The van der Waals surface area contributed by atoms with Crippen LogP contribution in [0.15, 0.2) is 42.5 Å². The fourth-order valence-electron chi connectivity index (χ4n) is 3.43. The van der Waals surface area contributed by atoms with Crippen molar-refractivity contribution >= 4 is 0 Å². The summed E-state index contributed by atoms with van der Waals surface area (Å²) in [7, 11) is 1.68. The highest BCUT2D eigenvalue weighted by molar-refractivity contribution is 5.42. The number of quaternary nitrogens is 1. The molecule has 1 atom stereocenters. The van der Waals surface area contributed by atoms with Crippen LogP contribution in [0, 0.1) is 0 Å². The molecule has 0 spiro atoms. The highest BCUT2D eigenvalue weighted by Crippen LogP contribution is 2.29. The molecule has 3 rings (SSSR count). The number of hydrogen-bond donors (Lipinski definition) is 1. The molecule has 3 nitrogen and oxygen atoms in total. The van der Waals surface area contributed by atoms with Gasteiger partial charge in [-0.2, -0.15) is 0 Å². The van der Waals surface area contributed by atoms with Gasteiger partial charge >= 0.3 is 0 Å². The van der Waals surface area contributed by atoms with Crippen LogP contribution in [0.5, 0.6) is 11.5 Å². The first-order valence-corrected chi connectivity index (χ1v) is 8.52. The smallest absolute Gasteiger partial charge is 0.161 e. The van der Waals surface area contributed by atoms with Crippen LogP contribution in [0.3, 0.4) is 0 Å². The van der Waals surface area contributed by atoms with E-state index >= 15 is 0 Å². The molecular weight excluding hydrogens is 286 g/mol. The van der Waals surface area contributed by atoms with Crippen molar-refractivity contribution in [2.45, 2.75) is 38.8 Å². The van der Waals surface area contributed by atoms with Crippen molar-refractivity contribution in [1.82, 2.24) is 0 Å². The first kappa shape index (κ1) is 15.9. The monoisotopic (exact) mass is 312 g/mol. The van der Waals surface area contributed by atoms with Gasteiger partial charge in [-0.05, 0) is 43.5 Å². The van der Waals surface area contributed by atoms with E-state index in [4.69, 9.17) is 9.47 Å². The van der Waals surface area contributed by atoms with Gasteiger partial charge in [-0.15, -0.1) is 0 Å². The lowest BCUT2D eigenvalue weighted by Gasteiger charge is -2.23. The third-order valence-electron chi connectivity index (χ3n) is 4.58. The minimum atomic E-state index is 0.567. The Bertz CT molecular complexity index is 654. The maximum Gasteiger partial charge on any atom is 0.161 e. The average Bonchev–Trinajstić information content (AvgIpc) is 2.60. The minimum absolute atomic E-state index is 0.567. The van der Waals surface area contributed by atoms with Crippen LogP contribution < -0.4 is 14.8 Å². The molecule has 1 aliphatic carbocycles. The number of nitrogens with two attached hydrogens (primary N) is 1. The van der Waals surface area contributed by atoms with Gasteiger partial charge in [0.1, 0.15) is 12.6 Å². The largest absolute Gasteiger partial charge is 0.493 e. The third kappa shape index (κ3) is 3.67. The zero-order chi connectivity index (χ0) is 16.1.